The van der Waals surface area contributed by atoms with Gasteiger partial charge in [0.15, 0.2) is 0 Å². The standard InChI is InChI=1S/C27H29F4N5O2Se/c1-32-25(37)17-8-9-22(24(15-17)38-3)33-11-4-6-18-14-23-21(34-20-10-13-35(2)16-19(20)28)7-5-12-36(23)26(18)39-27(29,30)31/h5,7-9,12,14-15,19-20,33-34H,10-11,13,16H2,1-3H3,(H,32,37)/t19-,20+/m0/s1. The van der Waals surface area contributed by atoms with Crippen LogP contribution in [0.4, 0.5) is 28.9 Å². The Bertz CT molecular complexity index is 1400. The van der Waals surface area contributed by atoms with Crippen LogP contribution in [0.5, 0.6) is 5.75 Å². The van der Waals surface area contributed by atoms with Crippen LogP contribution in [0.1, 0.15) is 22.3 Å². The minimum atomic E-state index is -4.38. The number of hydrogen-bond donors (Lipinski definition) is 3. The maximum atomic E-state index is 14.7. The van der Waals surface area contributed by atoms with Crippen molar-refractivity contribution in [1.82, 2.24) is 14.6 Å². The number of amides is 1. The fraction of sp³-hybridized carbons (Fsp3) is 0.370. The maximum absolute atomic E-state index is 14.7. The molecule has 3 heterocycles. The van der Waals surface area contributed by atoms with Crippen molar-refractivity contribution in [3.05, 3.63) is 53.7 Å². The zero-order valence-corrected chi connectivity index (χ0v) is 23.4. The fourth-order valence-corrected chi connectivity index (χ4v) is 5.88. The van der Waals surface area contributed by atoms with Gasteiger partial charge in [0.2, 0.25) is 0 Å². The number of likely N-dealkylation sites (tertiary alicyclic amines) is 1. The van der Waals surface area contributed by atoms with Crippen LogP contribution in [-0.4, -0.2) is 88.3 Å². The summed E-state index contributed by atoms with van der Waals surface area (Å²) >= 11 is -1.84. The predicted molar refractivity (Wildman–Crippen MR) is 145 cm³/mol. The van der Waals surface area contributed by atoms with Crippen molar-refractivity contribution in [1.29, 1.82) is 0 Å². The van der Waals surface area contributed by atoms with Gasteiger partial charge >= 0.3 is 224 Å². The van der Waals surface area contributed by atoms with Gasteiger partial charge in [-0.3, -0.25) is 0 Å². The number of carbonyl (C=O) groups is 1. The Morgan fingerprint density at radius 2 is 2.03 bits per heavy atom. The third kappa shape index (κ3) is 6.98. The molecule has 1 saturated heterocycles. The van der Waals surface area contributed by atoms with E-state index in [1.807, 2.05) is 11.9 Å². The van der Waals surface area contributed by atoms with Crippen molar-refractivity contribution in [2.24, 2.45) is 0 Å². The van der Waals surface area contributed by atoms with Crippen LogP contribution in [0, 0.1) is 11.8 Å². The van der Waals surface area contributed by atoms with E-state index in [1.165, 1.54) is 18.6 Å². The molecule has 4 rings (SSSR count). The first-order valence-electron chi connectivity index (χ1n) is 12.2. The minimum absolute atomic E-state index is 0.0776. The van der Waals surface area contributed by atoms with Gasteiger partial charge in [-0.15, -0.1) is 0 Å². The summed E-state index contributed by atoms with van der Waals surface area (Å²) in [6.07, 6.45) is 1.07. The number of alkyl halides is 4. The number of anilines is 2. The van der Waals surface area contributed by atoms with Gasteiger partial charge in [-0.25, -0.2) is 0 Å². The van der Waals surface area contributed by atoms with Crippen molar-refractivity contribution in [2.75, 3.05) is 51.5 Å². The number of rotatable bonds is 7. The van der Waals surface area contributed by atoms with Gasteiger partial charge in [0.25, 0.3) is 0 Å². The first kappa shape index (κ1) is 28.6. The van der Waals surface area contributed by atoms with Crippen molar-refractivity contribution in [3.63, 3.8) is 0 Å². The molecule has 1 aliphatic heterocycles. The molecule has 0 aliphatic carbocycles. The molecule has 1 amide bonds. The molecule has 0 radical (unpaired) electrons. The van der Waals surface area contributed by atoms with Crippen LogP contribution in [-0.2, 0) is 0 Å². The first-order valence-corrected chi connectivity index (χ1v) is 13.9. The number of carbonyl (C=O) groups excluding carboxylic acids is 1. The molecule has 208 valence electrons. The Kier molecular flexibility index (Phi) is 8.95. The molecule has 1 aliphatic rings. The van der Waals surface area contributed by atoms with E-state index in [2.05, 4.69) is 27.8 Å². The molecule has 12 heteroatoms. The molecular weight excluding hydrogens is 581 g/mol. The number of benzene rings is 1. The molecule has 1 aromatic carbocycles. The third-order valence-electron chi connectivity index (χ3n) is 6.34. The number of pyridine rings is 1. The number of halogens is 4. The quantitative estimate of drug-likeness (QED) is 0.218. The summed E-state index contributed by atoms with van der Waals surface area (Å²) in [5, 5.41) is 4.46. The van der Waals surface area contributed by atoms with Gasteiger partial charge in [-0.1, -0.05) is 0 Å². The molecule has 3 aromatic rings. The van der Waals surface area contributed by atoms with Gasteiger partial charge < -0.3 is 0 Å². The average Bonchev–Trinajstić information content (AvgIpc) is 3.24. The predicted octanol–water partition coefficient (Wildman–Crippen LogP) is 3.07. The van der Waals surface area contributed by atoms with E-state index in [0.29, 0.717) is 41.2 Å². The van der Waals surface area contributed by atoms with Gasteiger partial charge in [0, 0.05) is 7.05 Å². The molecule has 0 saturated carbocycles. The van der Waals surface area contributed by atoms with E-state index >= 15 is 0 Å². The topological polar surface area (TPSA) is 70.0 Å². The van der Waals surface area contributed by atoms with Gasteiger partial charge in [0.05, 0.1) is 0 Å². The number of methoxy groups -OCH3 is 1. The molecule has 0 unspecified atom stereocenters. The van der Waals surface area contributed by atoms with E-state index in [4.69, 9.17) is 4.74 Å². The van der Waals surface area contributed by atoms with Crippen molar-refractivity contribution in [2.45, 2.75) is 23.7 Å². The Balaban J connectivity index is 1.59. The summed E-state index contributed by atoms with van der Waals surface area (Å²) in [6.45, 7) is 1.16. The first-order chi connectivity index (χ1) is 18.6. The van der Waals surface area contributed by atoms with Gasteiger partial charge in [0.1, 0.15) is 0 Å². The molecule has 0 spiro atoms. The van der Waals surface area contributed by atoms with Gasteiger partial charge in [-0.05, 0) is 0 Å². The average molecular weight is 611 g/mol. The van der Waals surface area contributed by atoms with E-state index in [0.717, 1.165) is 6.54 Å². The molecule has 7 nitrogen and oxygen atoms in total. The summed E-state index contributed by atoms with van der Waals surface area (Å²) < 4.78 is 62.2. The fourth-order valence-electron chi connectivity index (χ4n) is 4.42. The molecule has 39 heavy (non-hydrogen) atoms. The zero-order chi connectivity index (χ0) is 28.2. The number of nitrogens with zero attached hydrogens (tertiary/aromatic N) is 2. The van der Waals surface area contributed by atoms with Crippen LogP contribution in [0.3, 0.4) is 0 Å². The van der Waals surface area contributed by atoms with Crippen LogP contribution < -0.4 is 25.3 Å². The molecule has 1 fully saturated rings. The summed E-state index contributed by atoms with van der Waals surface area (Å²) in [6, 6.07) is 9.48. The van der Waals surface area contributed by atoms with Crippen LogP contribution in [0.25, 0.3) is 5.52 Å². The number of aromatic nitrogens is 1. The Morgan fingerprint density at radius 1 is 1.23 bits per heavy atom. The zero-order valence-electron chi connectivity index (χ0n) is 21.7. The Labute approximate surface area is 230 Å². The number of piperidine rings is 1. The van der Waals surface area contributed by atoms with E-state index < -0.39 is 32.2 Å². The number of hydrogen-bond acceptors (Lipinski definition) is 5. The second-order valence-corrected chi connectivity index (χ2v) is 11.3. The van der Waals surface area contributed by atoms with Crippen LogP contribution >= 0.6 is 0 Å². The molecule has 2 atom stereocenters. The molecule has 3 N–H and O–H groups in total. The Hall–Kier alpha value is -3.39. The summed E-state index contributed by atoms with van der Waals surface area (Å²) in [7, 11) is 4.86. The molecular formula is C27H29F4N5O2Se. The van der Waals surface area contributed by atoms with Gasteiger partial charge in [-0.2, -0.15) is 0 Å². The summed E-state index contributed by atoms with van der Waals surface area (Å²) in [5.41, 5.74) is 2.38. The summed E-state index contributed by atoms with van der Waals surface area (Å²) in [5.74, 6) is 5.96. The van der Waals surface area contributed by atoms with Crippen molar-refractivity contribution >= 4 is 42.3 Å². The van der Waals surface area contributed by atoms with Crippen molar-refractivity contribution < 1.29 is 27.1 Å². The molecule has 2 aromatic heterocycles. The molecule has 0 bridgehead atoms. The van der Waals surface area contributed by atoms with E-state index in [-0.39, 0.29) is 22.6 Å². The Morgan fingerprint density at radius 3 is 2.72 bits per heavy atom. The van der Waals surface area contributed by atoms with E-state index in [1.54, 1.807) is 42.6 Å². The second kappa shape index (κ2) is 12.2. The van der Waals surface area contributed by atoms with Crippen LogP contribution in [0.2, 0.25) is 0 Å². The van der Waals surface area contributed by atoms with E-state index in [9.17, 15) is 22.4 Å². The third-order valence-corrected chi connectivity index (χ3v) is 8.11. The number of nitrogens with one attached hydrogen (secondary N) is 3. The van der Waals surface area contributed by atoms with Crippen molar-refractivity contribution in [3.8, 4) is 17.6 Å². The SMILES string of the molecule is CNC(=O)c1ccc(NCC#Cc2cc3c(N[C@@H]4CCN(C)C[C@@H]4F)cccn3c2[Se]C(F)(F)F)c(OC)c1. The van der Waals surface area contributed by atoms with Crippen LogP contribution in [0.15, 0.2) is 42.6 Å². The monoisotopic (exact) mass is 611 g/mol. The number of fused-ring (bicyclic) bond motifs is 1. The number of ether oxygens (including phenoxy) is 1. The second-order valence-electron chi connectivity index (χ2n) is 9.06. The summed E-state index contributed by atoms with van der Waals surface area (Å²) in [4.78, 5) is 13.8. The normalized spacial score (nSPS) is 17.8.